The number of aliphatic hydroxyl groups is 2. The zero-order valence-electron chi connectivity index (χ0n) is 32.0. The molecule has 4 N–H and O–H groups in total. The molecule has 2 amide bonds. The molecule has 3 rings (SSSR count). The van der Waals surface area contributed by atoms with Gasteiger partial charge >= 0.3 is 0 Å². The Morgan fingerprint density at radius 1 is 0.900 bits per heavy atom. The quantitative estimate of drug-likeness (QED) is 0.0782. The van der Waals surface area contributed by atoms with E-state index in [1.54, 1.807) is 26.0 Å². The summed E-state index contributed by atoms with van der Waals surface area (Å²) in [7, 11) is 0. The Hall–Kier alpha value is -2.11. The first kappa shape index (κ1) is 42.3. The van der Waals surface area contributed by atoms with Gasteiger partial charge in [-0.15, -0.1) is 0 Å². The SMILES string of the molecule is C/C=C/C(=O)C[C@@H]1CC[C@@H](C)[C@@H](CC(=O)NC[C@H](O)[C@@H](C)C(=O)NCCC[C@H]2O[C@@]3(CCC[C@@H](CC[C@H](C)/C=C(\C)[C@H](C)O)O3)CC[C@@H]2C)O1. The highest BCUT2D eigenvalue weighted by molar-refractivity contribution is 5.89. The normalized spacial score (nSPS) is 31.6. The average molecular weight is 705 g/mol. The van der Waals surface area contributed by atoms with E-state index in [1.165, 1.54) is 0 Å². The van der Waals surface area contributed by atoms with Crippen LogP contribution in [0.1, 0.15) is 132 Å². The fourth-order valence-electron chi connectivity index (χ4n) is 7.51. The van der Waals surface area contributed by atoms with Crippen LogP contribution in [0.3, 0.4) is 0 Å². The van der Waals surface area contributed by atoms with E-state index in [1.807, 2.05) is 20.8 Å². The number of allylic oxidation sites excluding steroid dienone is 3. The van der Waals surface area contributed by atoms with Crippen molar-refractivity contribution in [2.24, 2.45) is 23.7 Å². The first-order valence-corrected chi connectivity index (χ1v) is 19.5. The third-order valence-electron chi connectivity index (χ3n) is 11.2. The highest BCUT2D eigenvalue weighted by Gasteiger charge is 2.44. The van der Waals surface area contributed by atoms with Gasteiger partial charge in [0.2, 0.25) is 11.8 Å². The monoisotopic (exact) mass is 704 g/mol. The van der Waals surface area contributed by atoms with Crippen molar-refractivity contribution < 1.29 is 38.8 Å². The third-order valence-corrected chi connectivity index (χ3v) is 11.2. The van der Waals surface area contributed by atoms with Crippen LogP contribution in [0.5, 0.6) is 0 Å². The molecule has 50 heavy (non-hydrogen) atoms. The van der Waals surface area contributed by atoms with Crippen LogP contribution >= 0.6 is 0 Å². The van der Waals surface area contributed by atoms with Crippen molar-refractivity contribution in [1.29, 1.82) is 0 Å². The lowest BCUT2D eigenvalue weighted by Crippen LogP contribution is -2.50. The van der Waals surface area contributed by atoms with Gasteiger partial charge in [-0.1, -0.05) is 39.8 Å². The molecular weight excluding hydrogens is 636 g/mol. The Bertz CT molecular complexity index is 1140. The lowest BCUT2D eigenvalue weighted by Gasteiger charge is -2.48. The molecule has 0 unspecified atom stereocenters. The molecule has 11 atom stereocenters. The molecule has 3 fully saturated rings. The van der Waals surface area contributed by atoms with Crippen LogP contribution in [-0.4, -0.2) is 83.3 Å². The molecule has 3 saturated heterocycles. The summed E-state index contributed by atoms with van der Waals surface area (Å²) >= 11 is 0. The maximum Gasteiger partial charge on any atom is 0.225 e. The van der Waals surface area contributed by atoms with Gasteiger partial charge in [-0.3, -0.25) is 14.4 Å². The Morgan fingerprint density at radius 2 is 1.64 bits per heavy atom. The van der Waals surface area contributed by atoms with Gasteiger partial charge in [-0.2, -0.15) is 0 Å². The molecular formula is C40H68N2O8. The zero-order valence-corrected chi connectivity index (χ0v) is 32.0. The van der Waals surface area contributed by atoms with E-state index in [0.29, 0.717) is 24.8 Å². The summed E-state index contributed by atoms with van der Waals surface area (Å²) < 4.78 is 19.5. The summed E-state index contributed by atoms with van der Waals surface area (Å²) in [5.41, 5.74) is 1.01. The molecule has 10 nitrogen and oxygen atoms in total. The Morgan fingerprint density at radius 3 is 2.36 bits per heavy atom. The van der Waals surface area contributed by atoms with Gasteiger partial charge in [0.05, 0.1) is 49.0 Å². The number of rotatable bonds is 18. The Labute approximate surface area is 301 Å². The fraction of sp³-hybridized carbons (Fsp3) is 0.825. The van der Waals surface area contributed by atoms with E-state index in [-0.39, 0.29) is 60.9 Å². The van der Waals surface area contributed by atoms with Crippen LogP contribution in [0.25, 0.3) is 0 Å². The molecule has 3 aliphatic rings. The summed E-state index contributed by atoms with van der Waals surface area (Å²) in [6, 6.07) is 0. The van der Waals surface area contributed by atoms with Gasteiger partial charge < -0.3 is 35.1 Å². The standard InChI is InChI=1S/C40H68N2O8/c1-8-11-32(44)23-34-17-15-27(3)37(48-34)24-38(46)42-25-35(45)30(6)39(47)41-21-10-13-36-28(4)18-20-40(50-36)19-9-12-33(49-40)16-14-26(2)22-29(5)31(7)43/h8,11,22,26-28,30-31,33-37,43,45H,9-10,12-21,23-25H2,1-7H3,(H,41,47)(H,42,46)/b11-8+,29-22+/t26-,27+,28-,30+,31-,33-,34-,35-,36+,37+,40-/m0/s1. The van der Waals surface area contributed by atoms with E-state index in [4.69, 9.17) is 14.2 Å². The fourth-order valence-corrected chi connectivity index (χ4v) is 7.51. The van der Waals surface area contributed by atoms with Crippen molar-refractivity contribution in [2.75, 3.05) is 13.1 Å². The molecule has 0 aromatic carbocycles. The molecule has 0 aromatic rings. The highest BCUT2D eigenvalue weighted by atomic mass is 16.7. The number of amides is 2. The molecule has 3 aliphatic heterocycles. The Balaban J connectivity index is 1.36. The number of nitrogens with one attached hydrogen (secondary N) is 2. The highest BCUT2D eigenvalue weighted by Crippen LogP contribution is 2.43. The van der Waals surface area contributed by atoms with Gasteiger partial charge in [0.25, 0.3) is 0 Å². The van der Waals surface area contributed by atoms with Gasteiger partial charge in [-0.05, 0) is 108 Å². The van der Waals surface area contributed by atoms with Crippen molar-refractivity contribution in [3.63, 3.8) is 0 Å². The van der Waals surface area contributed by atoms with Crippen LogP contribution < -0.4 is 10.6 Å². The number of carbonyl (C=O) groups excluding carboxylic acids is 3. The zero-order chi connectivity index (χ0) is 36.8. The Kier molecular flexibility index (Phi) is 17.6. The van der Waals surface area contributed by atoms with Crippen LogP contribution in [0, 0.1) is 23.7 Å². The summed E-state index contributed by atoms with van der Waals surface area (Å²) in [5, 5.41) is 26.2. The van der Waals surface area contributed by atoms with Gasteiger partial charge in [0.1, 0.15) is 0 Å². The molecule has 0 saturated carbocycles. The van der Waals surface area contributed by atoms with E-state index in [0.717, 1.165) is 76.2 Å². The molecule has 1 spiro atoms. The smallest absolute Gasteiger partial charge is 0.225 e. The lowest BCUT2D eigenvalue weighted by atomic mass is 9.85. The number of ketones is 1. The number of hydrogen-bond donors (Lipinski definition) is 4. The second-order valence-corrected chi connectivity index (χ2v) is 15.7. The molecule has 0 aliphatic carbocycles. The minimum absolute atomic E-state index is 0.0223. The maximum atomic E-state index is 12.9. The van der Waals surface area contributed by atoms with Crippen molar-refractivity contribution in [3.05, 3.63) is 23.8 Å². The number of carbonyl (C=O) groups is 3. The predicted molar refractivity (Wildman–Crippen MR) is 195 cm³/mol. The summed E-state index contributed by atoms with van der Waals surface area (Å²) in [6.45, 7) is 14.2. The number of ether oxygens (including phenoxy) is 3. The summed E-state index contributed by atoms with van der Waals surface area (Å²) in [6.07, 6.45) is 14.5. The maximum absolute atomic E-state index is 12.9. The lowest BCUT2D eigenvalue weighted by molar-refractivity contribution is -0.324. The van der Waals surface area contributed by atoms with Crippen LogP contribution in [0.4, 0.5) is 0 Å². The molecule has 10 heteroatoms. The minimum Gasteiger partial charge on any atom is -0.390 e. The second kappa shape index (κ2) is 20.8. The predicted octanol–water partition coefficient (Wildman–Crippen LogP) is 5.93. The van der Waals surface area contributed by atoms with E-state index < -0.39 is 23.9 Å². The van der Waals surface area contributed by atoms with Crippen molar-refractivity contribution in [2.45, 2.75) is 174 Å². The van der Waals surface area contributed by atoms with Crippen molar-refractivity contribution in [3.8, 4) is 0 Å². The van der Waals surface area contributed by atoms with Crippen molar-refractivity contribution in [1.82, 2.24) is 10.6 Å². The van der Waals surface area contributed by atoms with E-state index >= 15 is 0 Å². The molecule has 3 heterocycles. The average Bonchev–Trinajstić information content (AvgIpc) is 3.07. The second-order valence-electron chi connectivity index (χ2n) is 15.7. The molecule has 0 radical (unpaired) electrons. The van der Waals surface area contributed by atoms with Crippen LogP contribution in [-0.2, 0) is 28.6 Å². The minimum atomic E-state index is -1.02. The number of hydrogen-bond acceptors (Lipinski definition) is 8. The van der Waals surface area contributed by atoms with Crippen LogP contribution in [0.2, 0.25) is 0 Å². The molecule has 0 bridgehead atoms. The van der Waals surface area contributed by atoms with Gasteiger partial charge in [0, 0.05) is 32.4 Å². The van der Waals surface area contributed by atoms with E-state index in [2.05, 4.69) is 30.6 Å². The van der Waals surface area contributed by atoms with Crippen LogP contribution in [0.15, 0.2) is 23.8 Å². The first-order chi connectivity index (χ1) is 23.7. The van der Waals surface area contributed by atoms with Gasteiger partial charge in [-0.25, -0.2) is 0 Å². The van der Waals surface area contributed by atoms with Gasteiger partial charge in [0.15, 0.2) is 11.6 Å². The third kappa shape index (κ3) is 13.8. The largest absolute Gasteiger partial charge is 0.390 e. The summed E-state index contributed by atoms with van der Waals surface area (Å²) in [4.78, 5) is 37.6. The van der Waals surface area contributed by atoms with E-state index in [9.17, 15) is 24.6 Å². The molecule has 286 valence electrons. The molecule has 0 aromatic heterocycles. The topological polar surface area (TPSA) is 143 Å². The van der Waals surface area contributed by atoms with Crippen molar-refractivity contribution >= 4 is 17.6 Å². The first-order valence-electron chi connectivity index (χ1n) is 19.5. The summed E-state index contributed by atoms with van der Waals surface area (Å²) in [5.74, 6) is -0.680. The number of aliphatic hydroxyl groups excluding tert-OH is 2.